The summed E-state index contributed by atoms with van der Waals surface area (Å²) in [6.07, 6.45) is 4.89. The average molecular weight is 324 g/mol. The van der Waals surface area contributed by atoms with Gasteiger partial charge < -0.3 is 4.90 Å². The Bertz CT molecular complexity index is 914. The summed E-state index contributed by atoms with van der Waals surface area (Å²) in [4.78, 5) is 20.4. The molecule has 2 aliphatic heterocycles. The monoisotopic (exact) mass is 324 g/mol. The molecule has 1 amide bonds. The summed E-state index contributed by atoms with van der Waals surface area (Å²) in [5, 5.41) is 6.56. The van der Waals surface area contributed by atoms with Crippen LogP contribution >= 0.6 is 11.3 Å². The highest BCUT2D eigenvalue weighted by Crippen LogP contribution is 2.44. The summed E-state index contributed by atoms with van der Waals surface area (Å²) >= 11 is 1.52. The second-order valence-electron chi connectivity index (χ2n) is 6.36. The van der Waals surface area contributed by atoms with Gasteiger partial charge in [0.1, 0.15) is 0 Å². The maximum Gasteiger partial charge on any atom is 0.264 e. The Kier molecular flexibility index (Phi) is 2.68. The van der Waals surface area contributed by atoms with E-state index in [1.807, 2.05) is 41.2 Å². The maximum atomic E-state index is 12.9. The topological polar surface area (TPSA) is 50.5 Å². The van der Waals surface area contributed by atoms with E-state index in [-0.39, 0.29) is 18.0 Å². The molecule has 0 radical (unpaired) electrons. The van der Waals surface area contributed by atoms with Gasteiger partial charge in [0, 0.05) is 30.3 Å². The third-order valence-electron chi connectivity index (χ3n) is 4.99. The number of carbonyl (C=O) groups is 1. The summed E-state index contributed by atoms with van der Waals surface area (Å²) in [5.74, 6) is 0.162. The minimum atomic E-state index is 0.139. The molecule has 3 aromatic heterocycles. The molecule has 0 aliphatic carbocycles. The minimum Gasteiger partial charge on any atom is -0.327 e. The second-order valence-corrected chi connectivity index (χ2v) is 7.30. The lowest BCUT2D eigenvalue weighted by Gasteiger charge is -2.35. The number of rotatable bonds is 1. The average Bonchev–Trinajstić information content (AvgIpc) is 3.25. The van der Waals surface area contributed by atoms with Crippen molar-refractivity contribution in [2.45, 2.75) is 38.3 Å². The Morgan fingerprint density at radius 3 is 3.13 bits per heavy atom. The molecular formula is C17H16N4OS. The predicted molar refractivity (Wildman–Crippen MR) is 87.7 cm³/mol. The fourth-order valence-electron chi connectivity index (χ4n) is 4.04. The predicted octanol–water partition coefficient (Wildman–Crippen LogP) is 3.00. The van der Waals surface area contributed by atoms with E-state index >= 15 is 0 Å². The Balaban J connectivity index is 1.63. The largest absolute Gasteiger partial charge is 0.327 e. The van der Waals surface area contributed by atoms with Gasteiger partial charge in [-0.3, -0.25) is 4.79 Å². The van der Waals surface area contributed by atoms with E-state index in [4.69, 9.17) is 0 Å². The minimum absolute atomic E-state index is 0.139. The molecule has 6 heteroatoms. The van der Waals surface area contributed by atoms with Crippen LogP contribution in [0.3, 0.4) is 0 Å². The molecule has 116 valence electrons. The van der Waals surface area contributed by atoms with Crippen LogP contribution in [0.5, 0.6) is 0 Å². The van der Waals surface area contributed by atoms with Gasteiger partial charge in [0.15, 0.2) is 5.65 Å². The highest BCUT2D eigenvalue weighted by Gasteiger charge is 2.44. The first-order valence-corrected chi connectivity index (χ1v) is 8.80. The smallest absolute Gasteiger partial charge is 0.264 e. The van der Waals surface area contributed by atoms with Gasteiger partial charge in [-0.1, -0.05) is 6.07 Å². The highest BCUT2D eigenvalue weighted by molar-refractivity contribution is 7.12. The number of aryl methyl sites for hydroxylation is 1. The zero-order chi connectivity index (χ0) is 15.6. The van der Waals surface area contributed by atoms with Crippen LogP contribution in [0.25, 0.3) is 5.65 Å². The fraction of sp³-hybridized carbons (Fsp3) is 0.353. The Labute approximate surface area is 137 Å². The van der Waals surface area contributed by atoms with Gasteiger partial charge in [-0.15, -0.1) is 11.3 Å². The van der Waals surface area contributed by atoms with Crippen LogP contribution in [0, 0.1) is 6.92 Å². The Morgan fingerprint density at radius 1 is 1.39 bits per heavy atom. The quantitative estimate of drug-likeness (QED) is 0.691. The van der Waals surface area contributed by atoms with Crippen LogP contribution in [-0.4, -0.2) is 31.4 Å². The zero-order valence-electron chi connectivity index (χ0n) is 12.8. The molecule has 2 unspecified atom stereocenters. The normalized spacial score (nSPS) is 22.6. The van der Waals surface area contributed by atoms with Gasteiger partial charge in [-0.05, 0) is 31.2 Å². The van der Waals surface area contributed by atoms with E-state index in [0.717, 1.165) is 35.5 Å². The van der Waals surface area contributed by atoms with Gasteiger partial charge in [-0.25, -0.2) is 9.50 Å². The van der Waals surface area contributed by atoms with E-state index in [0.29, 0.717) is 0 Å². The lowest BCUT2D eigenvalue weighted by molar-refractivity contribution is 0.0648. The van der Waals surface area contributed by atoms with E-state index in [9.17, 15) is 4.79 Å². The first-order valence-electron chi connectivity index (χ1n) is 7.92. The molecule has 2 bridgehead atoms. The lowest BCUT2D eigenvalue weighted by atomic mass is 9.99. The van der Waals surface area contributed by atoms with Crippen LogP contribution < -0.4 is 0 Å². The molecule has 5 heterocycles. The van der Waals surface area contributed by atoms with E-state index in [1.165, 1.54) is 22.6 Å². The Morgan fingerprint density at radius 2 is 2.30 bits per heavy atom. The summed E-state index contributed by atoms with van der Waals surface area (Å²) < 4.78 is 1.98. The molecule has 1 fully saturated rings. The van der Waals surface area contributed by atoms with Crippen molar-refractivity contribution >= 4 is 22.9 Å². The summed E-state index contributed by atoms with van der Waals surface area (Å²) in [6, 6.07) is 6.28. The van der Waals surface area contributed by atoms with Gasteiger partial charge in [0.2, 0.25) is 0 Å². The molecular weight excluding hydrogens is 308 g/mol. The third kappa shape index (κ3) is 1.81. The van der Waals surface area contributed by atoms with Crippen LogP contribution in [-0.2, 0) is 6.42 Å². The number of thiophene rings is 1. The molecule has 0 spiro atoms. The van der Waals surface area contributed by atoms with Crippen LogP contribution in [0.2, 0.25) is 0 Å². The van der Waals surface area contributed by atoms with Gasteiger partial charge in [-0.2, -0.15) is 5.10 Å². The van der Waals surface area contributed by atoms with Gasteiger partial charge >= 0.3 is 0 Å². The standard InChI is InChI=1S/C17H16N4OS/c1-10-7-16-18-9-12-13-5-4-11(8-14(12)21(16)19-10)20(13)17(22)15-3-2-6-23-15/h2-3,6-7,9,11,13H,4-5,8H2,1H3. The van der Waals surface area contributed by atoms with E-state index in [1.54, 1.807) is 0 Å². The molecule has 5 nitrogen and oxygen atoms in total. The fourth-order valence-corrected chi connectivity index (χ4v) is 4.71. The summed E-state index contributed by atoms with van der Waals surface area (Å²) in [6.45, 7) is 1.99. The summed E-state index contributed by atoms with van der Waals surface area (Å²) in [7, 11) is 0. The molecule has 0 aromatic carbocycles. The second kappa shape index (κ2) is 4.64. The van der Waals surface area contributed by atoms with Crippen molar-refractivity contribution < 1.29 is 4.79 Å². The molecule has 5 rings (SSSR count). The van der Waals surface area contributed by atoms with Crippen molar-refractivity contribution in [2.24, 2.45) is 0 Å². The van der Waals surface area contributed by atoms with Gasteiger partial charge in [0.05, 0.1) is 22.3 Å². The van der Waals surface area contributed by atoms with Crippen LogP contribution in [0.4, 0.5) is 0 Å². The van der Waals surface area contributed by atoms with Crippen LogP contribution in [0.1, 0.15) is 45.5 Å². The number of hydrogen-bond donors (Lipinski definition) is 0. The lowest BCUT2D eigenvalue weighted by Crippen LogP contribution is -2.42. The third-order valence-corrected chi connectivity index (χ3v) is 5.85. The molecule has 2 atom stereocenters. The number of amides is 1. The SMILES string of the molecule is Cc1cc2ncc3c(n2n1)CC1CCC3N1C(=O)c1cccs1. The van der Waals surface area contributed by atoms with Crippen molar-refractivity contribution in [1.29, 1.82) is 0 Å². The molecule has 23 heavy (non-hydrogen) atoms. The van der Waals surface area contributed by atoms with Crippen molar-refractivity contribution in [1.82, 2.24) is 19.5 Å². The summed E-state index contributed by atoms with van der Waals surface area (Å²) in [5.41, 5.74) is 4.28. The number of aromatic nitrogens is 3. The van der Waals surface area contributed by atoms with E-state index < -0.39 is 0 Å². The molecule has 0 saturated carbocycles. The van der Waals surface area contributed by atoms with Crippen molar-refractivity contribution in [2.75, 3.05) is 0 Å². The Hall–Kier alpha value is -2.21. The van der Waals surface area contributed by atoms with E-state index in [2.05, 4.69) is 15.0 Å². The van der Waals surface area contributed by atoms with Crippen molar-refractivity contribution in [3.05, 3.63) is 51.6 Å². The molecule has 3 aromatic rings. The maximum absolute atomic E-state index is 12.9. The first-order chi connectivity index (χ1) is 11.2. The van der Waals surface area contributed by atoms with Crippen LogP contribution in [0.15, 0.2) is 29.8 Å². The molecule has 0 N–H and O–H groups in total. The number of hydrogen-bond acceptors (Lipinski definition) is 4. The first kappa shape index (κ1) is 13.2. The number of nitrogens with zero attached hydrogens (tertiary/aromatic N) is 4. The molecule has 1 saturated heterocycles. The zero-order valence-corrected chi connectivity index (χ0v) is 13.6. The van der Waals surface area contributed by atoms with Gasteiger partial charge in [0.25, 0.3) is 5.91 Å². The van der Waals surface area contributed by atoms with Crippen molar-refractivity contribution in [3.63, 3.8) is 0 Å². The highest BCUT2D eigenvalue weighted by atomic mass is 32.1. The van der Waals surface area contributed by atoms with Crippen molar-refractivity contribution in [3.8, 4) is 0 Å². The molecule has 2 aliphatic rings. The number of fused-ring (bicyclic) bond motifs is 6. The number of carbonyl (C=O) groups excluding carboxylic acids is 1.